The zero-order valence-corrected chi connectivity index (χ0v) is 15.0. The first-order valence-corrected chi connectivity index (χ1v) is 8.84. The van der Waals surface area contributed by atoms with Crippen molar-refractivity contribution in [3.8, 4) is 5.75 Å². The number of benzene rings is 1. The van der Waals surface area contributed by atoms with Gasteiger partial charge in [-0.3, -0.25) is 4.79 Å². The molecule has 1 aliphatic rings. The summed E-state index contributed by atoms with van der Waals surface area (Å²) in [5, 5.41) is 13.3. The first-order chi connectivity index (χ1) is 11.3. The van der Waals surface area contributed by atoms with Gasteiger partial charge in [-0.05, 0) is 49.7 Å². The zero-order chi connectivity index (χ0) is 17.7. The first-order valence-electron chi connectivity index (χ1n) is 8.84. The monoisotopic (exact) mass is 334 g/mol. The van der Waals surface area contributed by atoms with Crippen molar-refractivity contribution in [1.29, 1.82) is 0 Å². The lowest BCUT2D eigenvalue weighted by Crippen LogP contribution is -2.45. The molecule has 1 amide bonds. The van der Waals surface area contributed by atoms with Crippen molar-refractivity contribution in [2.75, 3.05) is 11.9 Å². The molecule has 0 saturated carbocycles. The molecule has 0 aliphatic carbocycles. The number of ether oxygens (including phenoxy) is 1. The molecule has 5 nitrogen and oxygen atoms in total. The van der Waals surface area contributed by atoms with Gasteiger partial charge in [0.1, 0.15) is 18.1 Å². The molecule has 0 aromatic heterocycles. The third-order valence-corrected chi connectivity index (χ3v) is 4.89. The van der Waals surface area contributed by atoms with Gasteiger partial charge in [0, 0.05) is 17.7 Å². The second-order valence-corrected chi connectivity index (χ2v) is 7.34. The Hall–Kier alpha value is -1.59. The zero-order valence-electron chi connectivity index (χ0n) is 15.0. The number of hydrogen-bond donors (Lipinski definition) is 3. The van der Waals surface area contributed by atoms with Gasteiger partial charge in [0.2, 0.25) is 5.91 Å². The lowest BCUT2D eigenvalue weighted by Gasteiger charge is -2.26. The highest BCUT2D eigenvalue weighted by atomic mass is 16.5. The SMILES string of the molecule is CC(C)C(C)CCC(N)(O)COc1cccc2c1CCCC(=O)N2. The summed E-state index contributed by atoms with van der Waals surface area (Å²) in [5.41, 5.74) is 6.43. The van der Waals surface area contributed by atoms with Gasteiger partial charge in [0.15, 0.2) is 0 Å². The van der Waals surface area contributed by atoms with Crippen LogP contribution < -0.4 is 15.8 Å². The van der Waals surface area contributed by atoms with Crippen LogP contribution >= 0.6 is 0 Å². The van der Waals surface area contributed by atoms with Crippen LogP contribution in [0, 0.1) is 11.8 Å². The lowest BCUT2D eigenvalue weighted by atomic mass is 9.91. The smallest absolute Gasteiger partial charge is 0.224 e. The molecule has 1 aliphatic heterocycles. The molecule has 24 heavy (non-hydrogen) atoms. The average Bonchev–Trinajstić information content (AvgIpc) is 2.71. The third kappa shape index (κ3) is 5.21. The Morgan fingerprint density at radius 3 is 2.79 bits per heavy atom. The Balaban J connectivity index is 1.99. The van der Waals surface area contributed by atoms with Gasteiger partial charge in [-0.25, -0.2) is 0 Å². The number of amides is 1. The second-order valence-electron chi connectivity index (χ2n) is 7.34. The number of nitrogens with two attached hydrogens (primary N) is 1. The molecular formula is C19H30N2O3. The number of carbonyl (C=O) groups is 1. The van der Waals surface area contributed by atoms with Crippen molar-refractivity contribution in [3.05, 3.63) is 23.8 Å². The summed E-state index contributed by atoms with van der Waals surface area (Å²) in [6, 6.07) is 5.59. The fourth-order valence-corrected chi connectivity index (χ4v) is 2.80. The van der Waals surface area contributed by atoms with Crippen LogP contribution in [-0.4, -0.2) is 23.3 Å². The van der Waals surface area contributed by atoms with Gasteiger partial charge < -0.3 is 20.9 Å². The molecule has 1 heterocycles. The van der Waals surface area contributed by atoms with Crippen molar-refractivity contribution in [1.82, 2.24) is 0 Å². The van der Waals surface area contributed by atoms with E-state index in [9.17, 15) is 9.90 Å². The van der Waals surface area contributed by atoms with Crippen LogP contribution in [0.25, 0.3) is 0 Å². The summed E-state index contributed by atoms with van der Waals surface area (Å²) in [5.74, 6) is 1.79. The molecule has 0 saturated heterocycles. The minimum absolute atomic E-state index is 0.0314. The predicted octanol–water partition coefficient (Wildman–Crippen LogP) is 3.06. The Morgan fingerprint density at radius 2 is 2.08 bits per heavy atom. The summed E-state index contributed by atoms with van der Waals surface area (Å²) >= 11 is 0. The predicted molar refractivity (Wildman–Crippen MR) is 95.9 cm³/mol. The van der Waals surface area contributed by atoms with E-state index in [0.29, 0.717) is 30.4 Å². The normalized spacial score (nSPS) is 18.3. The molecule has 0 radical (unpaired) electrons. The Morgan fingerprint density at radius 1 is 1.33 bits per heavy atom. The highest BCUT2D eigenvalue weighted by molar-refractivity contribution is 5.92. The maximum absolute atomic E-state index is 11.7. The summed E-state index contributed by atoms with van der Waals surface area (Å²) in [6.07, 6.45) is 3.44. The van der Waals surface area contributed by atoms with Crippen LogP contribution in [0.5, 0.6) is 5.75 Å². The van der Waals surface area contributed by atoms with Crippen molar-refractivity contribution < 1.29 is 14.6 Å². The van der Waals surface area contributed by atoms with Crippen LogP contribution in [0.15, 0.2) is 18.2 Å². The van der Waals surface area contributed by atoms with Crippen LogP contribution in [0.2, 0.25) is 0 Å². The van der Waals surface area contributed by atoms with E-state index in [1.807, 2.05) is 18.2 Å². The Bertz CT molecular complexity index is 570. The number of rotatable bonds is 7. The van der Waals surface area contributed by atoms with Gasteiger partial charge in [-0.2, -0.15) is 0 Å². The van der Waals surface area contributed by atoms with E-state index in [0.717, 1.165) is 30.5 Å². The topological polar surface area (TPSA) is 84.6 Å². The summed E-state index contributed by atoms with van der Waals surface area (Å²) in [4.78, 5) is 11.7. The summed E-state index contributed by atoms with van der Waals surface area (Å²) in [6.45, 7) is 6.55. The van der Waals surface area contributed by atoms with E-state index in [1.54, 1.807) is 0 Å². The minimum atomic E-state index is -1.35. The molecule has 134 valence electrons. The van der Waals surface area contributed by atoms with Crippen molar-refractivity contribution in [2.45, 2.75) is 58.6 Å². The molecule has 0 spiro atoms. The minimum Gasteiger partial charge on any atom is -0.489 e. The van der Waals surface area contributed by atoms with Crippen molar-refractivity contribution >= 4 is 11.6 Å². The molecule has 0 bridgehead atoms. The van der Waals surface area contributed by atoms with Crippen LogP contribution in [-0.2, 0) is 11.2 Å². The molecular weight excluding hydrogens is 304 g/mol. The van der Waals surface area contributed by atoms with Gasteiger partial charge in [0.05, 0.1) is 0 Å². The van der Waals surface area contributed by atoms with Crippen molar-refractivity contribution in [3.63, 3.8) is 0 Å². The van der Waals surface area contributed by atoms with Crippen LogP contribution in [0.4, 0.5) is 5.69 Å². The Kier molecular flexibility index (Phi) is 6.24. The largest absolute Gasteiger partial charge is 0.489 e. The van der Waals surface area contributed by atoms with Crippen LogP contribution in [0.3, 0.4) is 0 Å². The number of nitrogens with one attached hydrogen (secondary N) is 1. The third-order valence-electron chi connectivity index (χ3n) is 4.89. The number of aliphatic hydroxyl groups is 1. The first kappa shape index (κ1) is 18.7. The van der Waals surface area contributed by atoms with Crippen molar-refractivity contribution in [2.24, 2.45) is 17.6 Å². The van der Waals surface area contributed by atoms with E-state index < -0.39 is 5.72 Å². The van der Waals surface area contributed by atoms with Gasteiger partial charge in [-0.1, -0.05) is 26.8 Å². The molecule has 1 aromatic carbocycles. The molecule has 1 aromatic rings. The fourth-order valence-electron chi connectivity index (χ4n) is 2.80. The Labute approximate surface area is 144 Å². The molecule has 2 unspecified atom stereocenters. The quantitative estimate of drug-likeness (QED) is 0.669. The maximum Gasteiger partial charge on any atom is 0.224 e. The number of anilines is 1. The van der Waals surface area contributed by atoms with Crippen LogP contribution in [0.1, 0.15) is 52.0 Å². The molecule has 2 atom stereocenters. The standard InChI is InChI=1S/C19H30N2O3/c1-13(2)14(3)10-11-19(20,23)12-24-17-8-5-7-16-15(17)6-4-9-18(22)21-16/h5,7-8,13-14,23H,4,6,9-12,20H2,1-3H3,(H,21,22). The number of carbonyl (C=O) groups excluding carboxylic acids is 1. The average molecular weight is 334 g/mol. The molecule has 0 fully saturated rings. The van der Waals surface area contributed by atoms with Gasteiger partial charge >= 0.3 is 0 Å². The highest BCUT2D eigenvalue weighted by Crippen LogP contribution is 2.31. The molecule has 5 heteroatoms. The lowest BCUT2D eigenvalue weighted by molar-refractivity contribution is -0.116. The fraction of sp³-hybridized carbons (Fsp3) is 0.632. The van der Waals surface area contributed by atoms with Gasteiger partial charge in [-0.15, -0.1) is 0 Å². The van der Waals surface area contributed by atoms with E-state index in [1.165, 1.54) is 0 Å². The second kappa shape index (κ2) is 7.99. The molecule has 4 N–H and O–H groups in total. The van der Waals surface area contributed by atoms with E-state index in [2.05, 4.69) is 26.1 Å². The number of fused-ring (bicyclic) bond motifs is 1. The van der Waals surface area contributed by atoms with E-state index >= 15 is 0 Å². The van der Waals surface area contributed by atoms with Gasteiger partial charge in [0.25, 0.3) is 0 Å². The highest BCUT2D eigenvalue weighted by Gasteiger charge is 2.25. The molecule has 2 rings (SSSR count). The maximum atomic E-state index is 11.7. The summed E-state index contributed by atoms with van der Waals surface area (Å²) in [7, 11) is 0. The number of hydrogen-bond acceptors (Lipinski definition) is 4. The van der Waals surface area contributed by atoms with E-state index in [-0.39, 0.29) is 12.5 Å². The summed E-state index contributed by atoms with van der Waals surface area (Å²) < 4.78 is 5.83. The van der Waals surface area contributed by atoms with E-state index in [4.69, 9.17) is 10.5 Å².